The first-order valence-corrected chi connectivity index (χ1v) is 4.51. The molecule has 2 N–H and O–H groups in total. The molecule has 0 fully saturated rings. The van der Waals surface area contributed by atoms with Gasteiger partial charge in [-0.25, -0.2) is 0 Å². The van der Waals surface area contributed by atoms with Gasteiger partial charge in [-0.3, -0.25) is 0 Å². The van der Waals surface area contributed by atoms with E-state index in [1.54, 1.807) is 0 Å². The molecule has 3 heteroatoms. The van der Waals surface area contributed by atoms with Gasteiger partial charge in [-0.05, 0) is 18.2 Å². The number of rotatable bonds is 0. The highest BCUT2D eigenvalue weighted by Crippen LogP contribution is 2.11. The zero-order valence-corrected chi connectivity index (χ0v) is 9.78. The van der Waals surface area contributed by atoms with E-state index in [1.807, 2.05) is 24.3 Å². The zero-order valence-electron chi connectivity index (χ0n) is 7.38. The molecular formula is C9H15BrClN. The number of hydrogen-bond acceptors (Lipinski definition) is 1. The Kier molecular flexibility index (Phi) is 10.6. The van der Waals surface area contributed by atoms with Crippen molar-refractivity contribution in [1.82, 2.24) is 0 Å². The Morgan fingerprint density at radius 2 is 1.83 bits per heavy atom. The smallest absolute Gasteiger partial charge is 0.0325 e. The molecule has 0 saturated carbocycles. The second-order valence-electron chi connectivity index (χ2n) is 2.26. The molecule has 0 saturated heterocycles. The maximum atomic E-state index is 5.43. The van der Waals surface area contributed by atoms with Crippen LogP contribution in [0.5, 0.6) is 0 Å². The Morgan fingerprint density at radius 3 is 2.08 bits per heavy atom. The van der Waals surface area contributed by atoms with E-state index in [0.717, 1.165) is 10.2 Å². The van der Waals surface area contributed by atoms with Gasteiger partial charge < -0.3 is 5.73 Å². The highest BCUT2D eigenvalue weighted by Gasteiger charge is 1.82. The van der Waals surface area contributed by atoms with Gasteiger partial charge in [0, 0.05) is 10.2 Å². The Balaban J connectivity index is 0. The van der Waals surface area contributed by atoms with E-state index >= 15 is 0 Å². The van der Waals surface area contributed by atoms with Crippen molar-refractivity contribution in [3.05, 3.63) is 28.7 Å². The normalized spacial score (nSPS) is 7.58. The molecule has 0 spiro atoms. The second-order valence-corrected chi connectivity index (χ2v) is 3.18. The number of halogens is 2. The molecule has 1 rings (SSSR count). The number of benzene rings is 1. The van der Waals surface area contributed by atoms with Crippen molar-refractivity contribution in [2.75, 3.05) is 5.73 Å². The van der Waals surface area contributed by atoms with Gasteiger partial charge in [0.25, 0.3) is 0 Å². The van der Waals surface area contributed by atoms with Crippen LogP contribution in [0.1, 0.15) is 20.3 Å². The molecule has 1 nitrogen and oxygen atoms in total. The first kappa shape index (κ1) is 14.3. The predicted molar refractivity (Wildman–Crippen MR) is 61.8 cm³/mol. The second kappa shape index (κ2) is 8.88. The number of nitrogens with two attached hydrogens (primary N) is 1. The predicted octanol–water partition coefficient (Wildman–Crippen LogP) is 3.87. The molecule has 0 aliphatic carbocycles. The summed E-state index contributed by atoms with van der Waals surface area (Å²) < 4.78 is 1.03. The van der Waals surface area contributed by atoms with Gasteiger partial charge in [-0.1, -0.05) is 42.3 Å². The third-order valence-corrected chi connectivity index (χ3v) is 1.34. The monoisotopic (exact) mass is 251 g/mol. The van der Waals surface area contributed by atoms with Crippen LogP contribution in [0.25, 0.3) is 0 Å². The molecule has 70 valence electrons. The summed E-state index contributed by atoms with van der Waals surface area (Å²) in [7, 11) is 0. The first-order valence-electron chi connectivity index (χ1n) is 3.71. The Labute approximate surface area is 88.9 Å². The lowest BCUT2D eigenvalue weighted by atomic mass is 10.3. The SMILES string of the molecule is CCC.Cl.Nc1cccc(Br)c1. The molecule has 0 heterocycles. The van der Waals surface area contributed by atoms with Gasteiger partial charge in [0.1, 0.15) is 0 Å². The lowest BCUT2D eigenvalue weighted by Gasteiger charge is -1.89. The summed E-state index contributed by atoms with van der Waals surface area (Å²) in [5.74, 6) is 0. The van der Waals surface area contributed by atoms with Crippen LogP contribution in [0.4, 0.5) is 5.69 Å². The zero-order chi connectivity index (χ0) is 8.69. The number of hydrogen-bond donors (Lipinski definition) is 1. The molecular weight excluding hydrogens is 237 g/mol. The average molecular weight is 253 g/mol. The standard InChI is InChI=1S/C6H6BrN.C3H8.ClH/c7-5-2-1-3-6(8)4-5;1-3-2;/h1-4H,8H2;3H2,1-2H3;1H. The van der Waals surface area contributed by atoms with Crippen molar-refractivity contribution in [3.8, 4) is 0 Å². The molecule has 1 aromatic carbocycles. The van der Waals surface area contributed by atoms with E-state index in [2.05, 4.69) is 29.8 Å². The van der Waals surface area contributed by atoms with Gasteiger partial charge in [0.15, 0.2) is 0 Å². The molecule has 0 atom stereocenters. The quantitative estimate of drug-likeness (QED) is 0.697. The van der Waals surface area contributed by atoms with E-state index < -0.39 is 0 Å². The van der Waals surface area contributed by atoms with Gasteiger partial charge in [-0.2, -0.15) is 0 Å². The molecule has 0 aliphatic rings. The minimum atomic E-state index is 0. The Bertz CT molecular complexity index is 186. The van der Waals surface area contributed by atoms with Crippen LogP contribution in [0.15, 0.2) is 28.7 Å². The molecule has 12 heavy (non-hydrogen) atoms. The minimum Gasteiger partial charge on any atom is -0.399 e. The van der Waals surface area contributed by atoms with Crippen LogP contribution < -0.4 is 5.73 Å². The van der Waals surface area contributed by atoms with Crippen molar-refractivity contribution in [1.29, 1.82) is 0 Å². The lowest BCUT2D eigenvalue weighted by molar-refractivity contribution is 1.09. The topological polar surface area (TPSA) is 26.0 Å². The van der Waals surface area contributed by atoms with Crippen molar-refractivity contribution in [3.63, 3.8) is 0 Å². The molecule has 0 unspecified atom stereocenters. The van der Waals surface area contributed by atoms with Gasteiger partial charge in [0.2, 0.25) is 0 Å². The lowest BCUT2D eigenvalue weighted by Crippen LogP contribution is -1.80. The fourth-order valence-corrected chi connectivity index (χ4v) is 0.924. The highest BCUT2D eigenvalue weighted by molar-refractivity contribution is 9.10. The van der Waals surface area contributed by atoms with Gasteiger partial charge in [-0.15, -0.1) is 12.4 Å². The molecule has 0 aromatic heterocycles. The molecule has 0 amide bonds. The summed E-state index contributed by atoms with van der Waals surface area (Å²) in [4.78, 5) is 0. The number of anilines is 1. The molecule has 1 aromatic rings. The summed E-state index contributed by atoms with van der Waals surface area (Å²) in [5.41, 5.74) is 6.22. The van der Waals surface area contributed by atoms with Crippen molar-refractivity contribution in [2.24, 2.45) is 0 Å². The van der Waals surface area contributed by atoms with Crippen LogP contribution in [0, 0.1) is 0 Å². The summed E-state index contributed by atoms with van der Waals surface area (Å²) in [6, 6.07) is 7.56. The third kappa shape index (κ3) is 7.89. The van der Waals surface area contributed by atoms with Gasteiger partial charge in [0.05, 0.1) is 0 Å². The van der Waals surface area contributed by atoms with E-state index in [4.69, 9.17) is 5.73 Å². The summed E-state index contributed by atoms with van der Waals surface area (Å²) in [5, 5.41) is 0. The number of nitrogen functional groups attached to an aromatic ring is 1. The minimum absolute atomic E-state index is 0. The van der Waals surface area contributed by atoms with Crippen LogP contribution in [-0.4, -0.2) is 0 Å². The first-order chi connectivity index (χ1) is 5.20. The molecule has 0 radical (unpaired) electrons. The molecule has 0 aliphatic heterocycles. The summed E-state index contributed by atoms with van der Waals surface area (Å²) in [6.45, 7) is 4.25. The van der Waals surface area contributed by atoms with Crippen molar-refractivity contribution in [2.45, 2.75) is 20.3 Å². The van der Waals surface area contributed by atoms with Crippen LogP contribution in [-0.2, 0) is 0 Å². The average Bonchev–Trinajstić information content (AvgIpc) is 1.88. The van der Waals surface area contributed by atoms with Gasteiger partial charge >= 0.3 is 0 Å². The summed E-state index contributed by atoms with van der Waals surface area (Å²) in [6.07, 6.45) is 1.25. The van der Waals surface area contributed by atoms with E-state index in [9.17, 15) is 0 Å². The maximum absolute atomic E-state index is 5.43. The third-order valence-electron chi connectivity index (χ3n) is 0.849. The van der Waals surface area contributed by atoms with E-state index in [0.29, 0.717) is 0 Å². The molecule has 0 bridgehead atoms. The van der Waals surface area contributed by atoms with Crippen molar-refractivity contribution >= 4 is 34.0 Å². The van der Waals surface area contributed by atoms with Crippen molar-refractivity contribution < 1.29 is 0 Å². The fourth-order valence-electron chi connectivity index (χ4n) is 0.507. The van der Waals surface area contributed by atoms with Crippen LogP contribution >= 0.6 is 28.3 Å². The largest absolute Gasteiger partial charge is 0.399 e. The highest BCUT2D eigenvalue weighted by atomic mass is 79.9. The maximum Gasteiger partial charge on any atom is 0.0325 e. The summed E-state index contributed by atoms with van der Waals surface area (Å²) >= 11 is 3.28. The van der Waals surface area contributed by atoms with E-state index in [-0.39, 0.29) is 12.4 Å². The van der Waals surface area contributed by atoms with E-state index in [1.165, 1.54) is 6.42 Å². The Morgan fingerprint density at radius 1 is 1.33 bits per heavy atom. The Hall–Kier alpha value is -0.210. The van der Waals surface area contributed by atoms with Crippen LogP contribution in [0.2, 0.25) is 0 Å². The fraction of sp³-hybridized carbons (Fsp3) is 0.333. The van der Waals surface area contributed by atoms with Crippen LogP contribution in [0.3, 0.4) is 0 Å².